The van der Waals surface area contributed by atoms with Crippen LogP contribution in [0.2, 0.25) is 0 Å². The van der Waals surface area contributed by atoms with Crippen molar-refractivity contribution in [2.75, 3.05) is 19.6 Å². The summed E-state index contributed by atoms with van der Waals surface area (Å²) < 4.78 is 42.5. The molecular weight excluding hydrogens is 245 g/mol. The number of likely N-dealkylation sites (tertiary alicyclic amines) is 1. The molecule has 2 unspecified atom stereocenters. The largest absolute Gasteiger partial charge is 1.00 e. The molecule has 2 bridgehead atoms. The summed E-state index contributed by atoms with van der Waals surface area (Å²) in [5, 5.41) is 0. The van der Waals surface area contributed by atoms with Crippen LogP contribution in [0.4, 0.5) is 12.9 Å². The van der Waals surface area contributed by atoms with Crippen molar-refractivity contribution in [2.45, 2.75) is 25.0 Å². The molecule has 2 atom stereocenters. The first-order valence-corrected chi connectivity index (χ1v) is 5.20. The normalized spacial score (nSPS) is 29.9. The Morgan fingerprint density at radius 2 is 1.75 bits per heavy atom. The zero-order valence-corrected chi connectivity index (χ0v) is 12.6. The molecule has 2 aliphatic heterocycles. The Morgan fingerprint density at radius 1 is 1.25 bits per heavy atom. The molecular formula is C9H14BF3KNO. The molecule has 0 aromatic heterocycles. The van der Waals surface area contributed by atoms with Crippen molar-refractivity contribution in [1.82, 2.24) is 4.90 Å². The predicted molar refractivity (Wildman–Crippen MR) is 52.6 cm³/mol. The van der Waals surface area contributed by atoms with Crippen molar-refractivity contribution in [3.05, 3.63) is 12.1 Å². The average Bonchev–Trinajstić information content (AvgIpc) is 2.44. The number of rotatable bonds is 3. The molecule has 0 aromatic rings. The molecule has 7 heteroatoms. The van der Waals surface area contributed by atoms with Crippen LogP contribution in [0.5, 0.6) is 0 Å². The second-order valence-electron chi connectivity index (χ2n) is 4.38. The number of fused-ring (bicyclic) bond motifs is 2. The summed E-state index contributed by atoms with van der Waals surface area (Å²) in [6, 6.07) is 0. The van der Waals surface area contributed by atoms with Gasteiger partial charge in [-0.2, -0.15) is 0 Å². The van der Waals surface area contributed by atoms with Crippen LogP contribution in [-0.4, -0.2) is 43.7 Å². The summed E-state index contributed by atoms with van der Waals surface area (Å²) in [6.45, 7) is -0.606. The number of hydrogen-bond donors (Lipinski definition) is 0. The second-order valence-corrected chi connectivity index (χ2v) is 4.38. The van der Waals surface area contributed by atoms with Crippen molar-refractivity contribution in [1.29, 1.82) is 0 Å². The zero-order chi connectivity index (χ0) is 11.1. The van der Waals surface area contributed by atoms with Crippen LogP contribution in [0.15, 0.2) is 12.1 Å². The maximum atomic E-state index is 12.3. The van der Waals surface area contributed by atoms with Gasteiger partial charge in [0, 0.05) is 13.1 Å². The standard InChI is InChI=1S/C9H14BF3NO.K/c1-7(10(11,12)13)4-14-5-8-2-3-9(6-14)15-8;/h8-9H,1-6H2;/q-1;+1. The number of ether oxygens (including phenoxy) is 1. The summed E-state index contributed by atoms with van der Waals surface area (Å²) in [7, 11) is 0. The Morgan fingerprint density at radius 3 is 2.19 bits per heavy atom. The smallest absolute Gasteiger partial charge is 0.445 e. The molecule has 86 valence electrons. The van der Waals surface area contributed by atoms with Crippen LogP contribution in [0.3, 0.4) is 0 Å². The molecule has 2 saturated heterocycles. The van der Waals surface area contributed by atoms with E-state index in [0.717, 1.165) is 12.8 Å². The molecule has 0 amide bonds. The first-order chi connectivity index (χ1) is 6.95. The van der Waals surface area contributed by atoms with Gasteiger partial charge in [0.25, 0.3) is 0 Å². The third-order valence-corrected chi connectivity index (χ3v) is 3.01. The fourth-order valence-corrected chi connectivity index (χ4v) is 2.22. The monoisotopic (exact) mass is 259 g/mol. The fraction of sp³-hybridized carbons (Fsp3) is 0.778. The Labute approximate surface area is 136 Å². The second kappa shape index (κ2) is 5.86. The van der Waals surface area contributed by atoms with E-state index in [4.69, 9.17) is 4.74 Å². The van der Waals surface area contributed by atoms with E-state index in [2.05, 4.69) is 6.58 Å². The quantitative estimate of drug-likeness (QED) is 0.590. The van der Waals surface area contributed by atoms with E-state index < -0.39 is 12.4 Å². The molecule has 2 rings (SSSR count). The number of morpholine rings is 1. The van der Waals surface area contributed by atoms with Gasteiger partial charge in [-0.15, -0.1) is 12.1 Å². The van der Waals surface area contributed by atoms with E-state index in [-0.39, 0.29) is 70.1 Å². The van der Waals surface area contributed by atoms with Crippen LogP contribution in [0, 0.1) is 0 Å². The van der Waals surface area contributed by atoms with Crippen LogP contribution in [-0.2, 0) is 4.74 Å². The van der Waals surface area contributed by atoms with E-state index in [1.165, 1.54) is 0 Å². The summed E-state index contributed by atoms with van der Waals surface area (Å²) in [6.07, 6.45) is 2.23. The van der Waals surface area contributed by atoms with Gasteiger partial charge in [-0.05, 0) is 19.4 Å². The first kappa shape index (κ1) is 15.2. The average molecular weight is 259 g/mol. The molecule has 2 fully saturated rings. The Kier molecular flexibility index (Phi) is 5.57. The van der Waals surface area contributed by atoms with Gasteiger partial charge in [-0.1, -0.05) is 0 Å². The van der Waals surface area contributed by atoms with Gasteiger partial charge in [0.15, 0.2) is 0 Å². The molecule has 0 N–H and O–H groups in total. The topological polar surface area (TPSA) is 12.5 Å². The summed E-state index contributed by atoms with van der Waals surface area (Å²) in [4.78, 5) is 1.81. The molecule has 0 spiro atoms. The van der Waals surface area contributed by atoms with Gasteiger partial charge in [-0.25, -0.2) is 0 Å². The summed E-state index contributed by atoms with van der Waals surface area (Å²) in [5.41, 5.74) is -0.601. The van der Waals surface area contributed by atoms with E-state index in [0.29, 0.717) is 13.1 Å². The molecule has 2 heterocycles. The molecule has 2 nitrogen and oxygen atoms in total. The third kappa shape index (κ3) is 3.83. The van der Waals surface area contributed by atoms with E-state index in [9.17, 15) is 12.9 Å². The summed E-state index contributed by atoms with van der Waals surface area (Å²) >= 11 is 0. The van der Waals surface area contributed by atoms with Crippen molar-refractivity contribution >= 4 is 6.98 Å². The SMILES string of the molecule is C=C(CN1CC2CCC(C1)O2)[B-](F)(F)F.[K+]. The fourth-order valence-electron chi connectivity index (χ4n) is 2.22. The maximum absolute atomic E-state index is 12.3. The van der Waals surface area contributed by atoms with E-state index in [1.807, 2.05) is 4.90 Å². The van der Waals surface area contributed by atoms with Gasteiger partial charge >= 0.3 is 58.4 Å². The minimum atomic E-state index is -4.89. The maximum Gasteiger partial charge on any atom is 1.00 e. The molecule has 0 saturated carbocycles. The van der Waals surface area contributed by atoms with Crippen LogP contribution < -0.4 is 51.4 Å². The van der Waals surface area contributed by atoms with E-state index in [1.54, 1.807) is 0 Å². The number of nitrogens with zero attached hydrogens (tertiary/aromatic N) is 1. The molecule has 0 aliphatic carbocycles. The van der Waals surface area contributed by atoms with Gasteiger partial charge in [0.1, 0.15) is 0 Å². The Hall–Kier alpha value is 1.15. The zero-order valence-electron chi connectivity index (χ0n) is 9.46. The Bertz CT molecular complexity index is 262. The first-order valence-electron chi connectivity index (χ1n) is 5.20. The van der Waals surface area contributed by atoms with Gasteiger partial charge in [0.05, 0.1) is 12.2 Å². The minimum Gasteiger partial charge on any atom is -0.445 e. The molecule has 0 radical (unpaired) electrons. The van der Waals surface area contributed by atoms with E-state index >= 15 is 0 Å². The molecule has 16 heavy (non-hydrogen) atoms. The van der Waals surface area contributed by atoms with Gasteiger partial charge in [-0.3, -0.25) is 4.90 Å². The molecule has 0 aromatic carbocycles. The van der Waals surface area contributed by atoms with Crippen molar-refractivity contribution in [3.63, 3.8) is 0 Å². The van der Waals surface area contributed by atoms with Gasteiger partial charge in [0.2, 0.25) is 0 Å². The number of halogens is 3. The van der Waals surface area contributed by atoms with Crippen molar-refractivity contribution in [2.24, 2.45) is 0 Å². The predicted octanol–water partition coefficient (Wildman–Crippen LogP) is -1.20. The minimum absolute atomic E-state index is 0. The van der Waals surface area contributed by atoms with Crippen molar-refractivity contribution < 1.29 is 69.1 Å². The van der Waals surface area contributed by atoms with Crippen LogP contribution in [0.25, 0.3) is 0 Å². The third-order valence-electron chi connectivity index (χ3n) is 3.01. The van der Waals surface area contributed by atoms with Crippen molar-refractivity contribution in [3.8, 4) is 0 Å². The number of hydrogen-bond acceptors (Lipinski definition) is 2. The molecule has 2 aliphatic rings. The Balaban J connectivity index is 0.00000128. The van der Waals surface area contributed by atoms with Crippen LogP contribution >= 0.6 is 0 Å². The summed E-state index contributed by atoms with van der Waals surface area (Å²) in [5.74, 6) is 0. The van der Waals surface area contributed by atoms with Crippen LogP contribution in [0.1, 0.15) is 12.8 Å². The van der Waals surface area contributed by atoms with Gasteiger partial charge < -0.3 is 17.7 Å².